The van der Waals surface area contributed by atoms with Crippen LogP contribution in [0.3, 0.4) is 0 Å². The first kappa shape index (κ1) is 14.3. The van der Waals surface area contributed by atoms with Gasteiger partial charge in [0.2, 0.25) is 5.88 Å². The van der Waals surface area contributed by atoms with Crippen molar-refractivity contribution in [3.63, 3.8) is 0 Å². The van der Waals surface area contributed by atoms with Crippen LogP contribution in [0.1, 0.15) is 16.7 Å². The van der Waals surface area contributed by atoms with Gasteiger partial charge in [-0.1, -0.05) is 0 Å². The molecule has 0 unspecified atom stereocenters. The molecule has 0 saturated heterocycles. The van der Waals surface area contributed by atoms with Gasteiger partial charge in [-0.15, -0.1) is 0 Å². The van der Waals surface area contributed by atoms with E-state index in [4.69, 9.17) is 5.41 Å². The predicted octanol–water partition coefficient (Wildman–Crippen LogP) is 1.61. The van der Waals surface area contributed by atoms with E-state index in [1.54, 1.807) is 6.07 Å². The zero-order valence-corrected chi connectivity index (χ0v) is 12.4. The van der Waals surface area contributed by atoms with E-state index in [0.29, 0.717) is 16.4 Å². The van der Waals surface area contributed by atoms with Crippen molar-refractivity contribution in [2.45, 2.75) is 13.8 Å². The van der Waals surface area contributed by atoms with Gasteiger partial charge in [0.15, 0.2) is 0 Å². The molecule has 0 aliphatic heterocycles. The van der Waals surface area contributed by atoms with Crippen LogP contribution in [0, 0.1) is 19.3 Å². The number of rotatable bonds is 2. The van der Waals surface area contributed by atoms with Crippen molar-refractivity contribution in [3.05, 3.63) is 54.1 Å². The average Bonchev–Trinajstić information content (AvgIpc) is 2.35. The molecule has 0 saturated carbocycles. The number of hydrogen-bond acceptors (Lipinski definition) is 4. The Morgan fingerprint density at radius 2 is 1.90 bits per heavy atom. The molecule has 2 aromatic rings. The summed E-state index contributed by atoms with van der Waals surface area (Å²) in [7, 11) is 0. The minimum absolute atomic E-state index is 0.269. The summed E-state index contributed by atoms with van der Waals surface area (Å²) in [6, 6.07) is 3.53. The second-order valence-electron chi connectivity index (χ2n) is 4.36. The number of aromatic amines is 1. The molecule has 104 valence electrons. The molecule has 0 amide bonds. The molecule has 7 heteroatoms. The third kappa shape index (κ3) is 2.20. The van der Waals surface area contributed by atoms with Gasteiger partial charge in [0.25, 0.3) is 5.56 Å². The Bertz CT molecular complexity index is 821. The Morgan fingerprint density at radius 3 is 2.50 bits per heavy atom. The van der Waals surface area contributed by atoms with Gasteiger partial charge in [0.05, 0.1) is 5.69 Å². The molecule has 0 atom stereocenters. The maximum Gasteiger partial charge on any atom is 0.335 e. The van der Waals surface area contributed by atoms with E-state index in [0.717, 1.165) is 15.7 Å². The van der Waals surface area contributed by atoms with E-state index >= 15 is 0 Å². The van der Waals surface area contributed by atoms with Crippen LogP contribution in [0.25, 0.3) is 5.69 Å². The largest absolute Gasteiger partial charge is 0.493 e. The fourth-order valence-electron chi connectivity index (χ4n) is 1.83. The number of aryl methyl sites for hydroxylation is 2. The second kappa shape index (κ2) is 5.09. The molecule has 0 fully saturated rings. The van der Waals surface area contributed by atoms with Crippen molar-refractivity contribution < 1.29 is 5.11 Å². The van der Waals surface area contributed by atoms with Crippen LogP contribution in [-0.2, 0) is 0 Å². The first-order valence-corrected chi connectivity index (χ1v) is 6.52. The predicted molar refractivity (Wildman–Crippen MR) is 79.4 cm³/mol. The van der Waals surface area contributed by atoms with Gasteiger partial charge < -0.3 is 10.5 Å². The molecule has 6 nitrogen and oxygen atoms in total. The third-order valence-corrected chi connectivity index (χ3v) is 3.70. The molecule has 3 N–H and O–H groups in total. The SMILES string of the molecule is Cc1cc(Br)c(-n2c(O)c(C=N)c(=O)[nH]c2=O)cc1C. The standard InChI is InChI=1S/C13H12BrN3O3/c1-6-3-9(14)10(4-7(6)2)17-12(19)8(5-15)11(18)16-13(17)20/h3-5,15,19H,1-2H3,(H,16,18,20). The van der Waals surface area contributed by atoms with Gasteiger partial charge in [-0.25, -0.2) is 9.36 Å². The lowest BCUT2D eigenvalue weighted by atomic mass is 10.1. The van der Waals surface area contributed by atoms with Crippen LogP contribution in [0.15, 0.2) is 26.2 Å². The fraction of sp³-hybridized carbons (Fsp3) is 0.154. The average molecular weight is 338 g/mol. The van der Waals surface area contributed by atoms with E-state index in [9.17, 15) is 14.7 Å². The van der Waals surface area contributed by atoms with Crippen LogP contribution in [0.5, 0.6) is 5.88 Å². The van der Waals surface area contributed by atoms with Crippen molar-refractivity contribution >= 4 is 22.1 Å². The lowest BCUT2D eigenvalue weighted by molar-refractivity contribution is 0.430. The highest BCUT2D eigenvalue weighted by molar-refractivity contribution is 9.10. The number of nitrogens with one attached hydrogen (secondary N) is 2. The van der Waals surface area contributed by atoms with Gasteiger partial charge in [0.1, 0.15) is 5.56 Å². The van der Waals surface area contributed by atoms with Crippen molar-refractivity contribution in [1.29, 1.82) is 5.41 Å². The quantitative estimate of drug-likeness (QED) is 0.726. The number of halogens is 1. The molecule has 20 heavy (non-hydrogen) atoms. The summed E-state index contributed by atoms with van der Waals surface area (Å²) in [6.07, 6.45) is 0.707. The molecule has 0 radical (unpaired) electrons. The first-order chi connectivity index (χ1) is 9.36. The van der Waals surface area contributed by atoms with Crippen LogP contribution in [-0.4, -0.2) is 20.9 Å². The maximum atomic E-state index is 11.9. The second-order valence-corrected chi connectivity index (χ2v) is 5.22. The number of benzene rings is 1. The Balaban J connectivity index is 2.90. The summed E-state index contributed by atoms with van der Waals surface area (Å²) in [4.78, 5) is 25.5. The summed E-state index contributed by atoms with van der Waals surface area (Å²) in [5.74, 6) is -0.558. The summed E-state index contributed by atoms with van der Waals surface area (Å²) >= 11 is 3.33. The summed E-state index contributed by atoms with van der Waals surface area (Å²) in [5, 5.41) is 17.2. The van der Waals surface area contributed by atoms with Crippen molar-refractivity contribution in [2.24, 2.45) is 0 Å². The first-order valence-electron chi connectivity index (χ1n) is 5.72. The summed E-state index contributed by atoms with van der Waals surface area (Å²) in [5.41, 5.74) is 0.521. The van der Waals surface area contributed by atoms with Gasteiger partial charge in [-0.2, -0.15) is 0 Å². The highest BCUT2D eigenvalue weighted by Crippen LogP contribution is 2.26. The molecule has 1 aromatic carbocycles. The Morgan fingerprint density at radius 1 is 1.30 bits per heavy atom. The smallest absolute Gasteiger partial charge is 0.335 e. The topological polar surface area (TPSA) is 98.9 Å². The number of hydrogen-bond donors (Lipinski definition) is 3. The molecule has 0 spiro atoms. The van der Waals surface area contributed by atoms with Crippen molar-refractivity contribution in [3.8, 4) is 11.6 Å². The lowest BCUT2D eigenvalue weighted by Crippen LogP contribution is -2.31. The van der Waals surface area contributed by atoms with E-state index in [1.165, 1.54) is 0 Å². The number of H-pyrrole nitrogens is 1. The molecular formula is C13H12BrN3O3. The van der Waals surface area contributed by atoms with Crippen LogP contribution in [0.2, 0.25) is 0 Å². The molecular weight excluding hydrogens is 326 g/mol. The zero-order chi connectivity index (χ0) is 15.0. The molecule has 0 aliphatic carbocycles. The highest BCUT2D eigenvalue weighted by atomic mass is 79.9. The minimum Gasteiger partial charge on any atom is -0.493 e. The molecule has 2 rings (SSSR count). The van der Waals surface area contributed by atoms with E-state index in [-0.39, 0.29) is 5.56 Å². The molecule has 1 aromatic heterocycles. The van der Waals surface area contributed by atoms with Crippen LogP contribution in [0.4, 0.5) is 0 Å². The maximum absolute atomic E-state index is 11.9. The van der Waals surface area contributed by atoms with Crippen molar-refractivity contribution in [1.82, 2.24) is 9.55 Å². The van der Waals surface area contributed by atoms with Gasteiger partial charge in [0, 0.05) is 10.7 Å². The lowest BCUT2D eigenvalue weighted by Gasteiger charge is -2.13. The Labute approximate surface area is 122 Å². The van der Waals surface area contributed by atoms with Crippen LogP contribution < -0.4 is 11.2 Å². The Hall–Kier alpha value is -2.15. The van der Waals surface area contributed by atoms with Crippen LogP contribution >= 0.6 is 15.9 Å². The van der Waals surface area contributed by atoms with Gasteiger partial charge in [-0.05, 0) is 53.0 Å². The van der Waals surface area contributed by atoms with E-state index in [2.05, 4.69) is 20.9 Å². The monoisotopic (exact) mass is 337 g/mol. The highest BCUT2D eigenvalue weighted by Gasteiger charge is 2.16. The van der Waals surface area contributed by atoms with Gasteiger partial charge >= 0.3 is 5.69 Å². The normalized spacial score (nSPS) is 10.6. The Kier molecular flexibility index (Phi) is 3.63. The molecule has 0 aliphatic rings. The zero-order valence-electron chi connectivity index (χ0n) is 10.8. The van der Waals surface area contributed by atoms with Gasteiger partial charge in [-0.3, -0.25) is 9.78 Å². The molecule has 0 bridgehead atoms. The number of nitrogens with zero attached hydrogens (tertiary/aromatic N) is 1. The van der Waals surface area contributed by atoms with Crippen molar-refractivity contribution in [2.75, 3.05) is 0 Å². The number of aromatic nitrogens is 2. The fourth-order valence-corrected chi connectivity index (χ4v) is 2.46. The third-order valence-electron chi connectivity index (χ3n) is 3.07. The summed E-state index contributed by atoms with van der Waals surface area (Å²) < 4.78 is 1.55. The summed E-state index contributed by atoms with van der Waals surface area (Å²) in [6.45, 7) is 3.79. The van der Waals surface area contributed by atoms with E-state index < -0.39 is 17.1 Å². The minimum atomic E-state index is -0.793. The van der Waals surface area contributed by atoms with E-state index in [1.807, 2.05) is 19.9 Å². The molecule has 1 heterocycles. The number of aromatic hydroxyl groups is 1.